The van der Waals surface area contributed by atoms with Crippen LogP contribution in [0.1, 0.15) is 19.4 Å². The van der Waals surface area contributed by atoms with Gasteiger partial charge in [0.2, 0.25) is 5.75 Å². The van der Waals surface area contributed by atoms with Crippen LogP contribution in [0.3, 0.4) is 0 Å². The van der Waals surface area contributed by atoms with Gasteiger partial charge >= 0.3 is 5.82 Å². The molecule has 1 amide bonds. The molecular formula is C19H23N3O6. The molecule has 0 fully saturated rings. The molecule has 28 heavy (non-hydrogen) atoms. The second kappa shape index (κ2) is 10.1. The predicted octanol–water partition coefficient (Wildman–Crippen LogP) is 2.82. The average Bonchev–Trinajstić information content (AvgIpc) is 2.71. The fourth-order valence-corrected chi connectivity index (χ4v) is 2.54. The van der Waals surface area contributed by atoms with E-state index in [1.54, 1.807) is 18.1 Å². The van der Waals surface area contributed by atoms with Crippen molar-refractivity contribution in [2.24, 2.45) is 0 Å². The van der Waals surface area contributed by atoms with E-state index in [9.17, 15) is 14.9 Å². The molecule has 9 heteroatoms. The van der Waals surface area contributed by atoms with Crippen molar-refractivity contribution >= 4 is 11.7 Å². The molecule has 150 valence electrons. The SMILES string of the molecule is CCOc1ccc(CN(CC)C(=O)COc2cccnc2[N+](=O)[O-])cc1OC. The number of pyridine rings is 1. The first-order valence-electron chi connectivity index (χ1n) is 8.79. The van der Waals surface area contributed by atoms with Gasteiger partial charge in [0.1, 0.15) is 6.20 Å². The molecule has 0 unspecified atom stereocenters. The monoisotopic (exact) mass is 389 g/mol. The van der Waals surface area contributed by atoms with Gasteiger partial charge in [-0.05, 0) is 53.6 Å². The van der Waals surface area contributed by atoms with Crippen molar-refractivity contribution in [3.63, 3.8) is 0 Å². The third kappa shape index (κ3) is 5.32. The first-order chi connectivity index (χ1) is 13.5. The summed E-state index contributed by atoms with van der Waals surface area (Å²) in [4.78, 5) is 28.1. The Kier molecular flexibility index (Phi) is 7.55. The molecule has 0 bridgehead atoms. The summed E-state index contributed by atoms with van der Waals surface area (Å²) in [5.41, 5.74) is 0.864. The number of carbonyl (C=O) groups excluding carboxylic acids is 1. The van der Waals surface area contributed by atoms with Crippen molar-refractivity contribution in [1.29, 1.82) is 0 Å². The Labute approximate surface area is 163 Å². The molecule has 0 N–H and O–H groups in total. The summed E-state index contributed by atoms with van der Waals surface area (Å²) in [5.74, 6) is 0.461. The molecule has 2 aromatic rings. The molecule has 2 rings (SSSR count). The maximum atomic E-state index is 12.5. The minimum Gasteiger partial charge on any atom is -0.493 e. The smallest absolute Gasteiger partial charge is 0.406 e. The second-order valence-corrected chi connectivity index (χ2v) is 5.70. The van der Waals surface area contributed by atoms with E-state index in [2.05, 4.69) is 4.98 Å². The van der Waals surface area contributed by atoms with Gasteiger partial charge in [0.25, 0.3) is 5.91 Å². The van der Waals surface area contributed by atoms with Gasteiger partial charge in [0, 0.05) is 13.1 Å². The summed E-state index contributed by atoms with van der Waals surface area (Å²) in [6.45, 7) is 4.72. The normalized spacial score (nSPS) is 10.2. The molecule has 1 aromatic carbocycles. The van der Waals surface area contributed by atoms with Crippen LogP contribution in [-0.4, -0.2) is 47.6 Å². The molecule has 0 aliphatic heterocycles. The highest BCUT2D eigenvalue weighted by atomic mass is 16.6. The zero-order valence-corrected chi connectivity index (χ0v) is 16.1. The van der Waals surface area contributed by atoms with Crippen molar-refractivity contribution in [2.45, 2.75) is 20.4 Å². The minimum absolute atomic E-state index is 0.0420. The minimum atomic E-state index is -0.649. The van der Waals surface area contributed by atoms with Crippen LogP contribution in [0, 0.1) is 10.1 Å². The van der Waals surface area contributed by atoms with E-state index in [1.165, 1.54) is 18.3 Å². The lowest BCUT2D eigenvalue weighted by Gasteiger charge is -2.21. The predicted molar refractivity (Wildman–Crippen MR) is 102 cm³/mol. The number of carbonyl (C=O) groups is 1. The topological polar surface area (TPSA) is 104 Å². The summed E-state index contributed by atoms with van der Waals surface area (Å²) in [6, 6.07) is 8.39. The van der Waals surface area contributed by atoms with Crippen LogP contribution < -0.4 is 14.2 Å². The van der Waals surface area contributed by atoms with Gasteiger partial charge in [0.05, 0.1) is 13.7 Å². The van der Waals surface area contributed by atoms with E-state index in [1.807, 2.05) is 26.0 Å². The first-order valence-corrected chi connectivity index (χ1v) is 8.79. The van der Waals surface area contributed by atoms with Crippen LogP contribution in [0.5, 0.6) is 17.2 Å². The van der Waals surface area contributed by atoms with E-state index in [-0.39, 0.29) is 18.3 Å². The average molecular weight is 389 g/mol. The Bertz CT molecular complexity index is 827. The van der Waals surface area contributed by atoms with Crippen molar-refractivity contribution in [3.05, 3.63) is 52.2 Å². The molecule has 1 aromatic heterocycles. The summed E-state index contributed by atoms with van der Waals surface area (Å²) < 4.78 is 16.2. The number of nitrogens with zero attached hydrogens (tertiary/aromatic N) is 3. The lowest BCUT2D eigenvalue weighted by Crippen LogP contribution is -2.34. The highest BCUT2D eigenvalue weighted by molar-refractivity contribution is 5.77. The Morgan fingerprint density at radius 1 is 1.18 bits per heavy atom. The Morgan fingerprint density at radius 3 is 2.61 bits per heavy atom. The third-order valence-corrected chi connectivity index (χ3v) is 3.91. The molecule has 0 saturated heterocycles. The molecule has 0 aliphatic rings. The summed E-state index contributed by atoms with van der Waals surface area (Å²) >= 11 is 0. The Balaban J connectivity index is 2.05. The number of hydrogen-bond donors (Lipinski definition) is 0. The van der Waals surface area contributed by atoms with Crippen LogP contribution >= 0.6 is 0 Å². The van der Waals surface area contributed by atoms with Gasteiger partial charge in [0.15, 0.2) is 18.1 Å². The largest absolute Gasteiger partial charge is 0.493 e. The number of rotatable bonds is 10. The fraction of sp³-hybridized carbons (Fsp3) is 0.368. The lowest BCUT2D eigenvalue weighted by molar-refractivity contribution is -0.390. The number of methoxy groups -OCH3 is 1. The van der Waals surface area contributed by atoms with Crippen LogP contribution in [-0.2, 0) is 11.3 Å². The van der Waals surface area contributed by atoms with E-state index in [0.717, 1.165) is 5.56 Å². The van der Waals surface area contributed by atoms with Crippen LogP contribution in [0.25, 0.3) is 0 Å². The lowest BCUT2D eigenvalue weighted by atomic mass is 10.2. The second-order valence-electron chi connectivity index (χ2n) is 5.70. The zero-order chi connectivity index (χ0) is 20.5. The number of hydrogen-bond acceptors (Lipinski definition) is 7. The molecule has 0 radical (unpaired) electrons. The first kappa shape index (κ1) is 20.9. The van der Waals surface area contributed by atoms with E-state index in [0.29, 0.717) is 31.2 Å². The van der Waals surface area contributed by atoms with E-state index >= 15 is 0 Å². The quantitative estimate of drug-likeness (QED) is 0.454. The molecule has 9 nitrogen and oxygen atoms in total. The standard InChI is InChI=1S/C19H23N3O6/c1-4-21(12-14-8-9-15(27-5-2)17(11-14)26-3)18(23)13-28-16-7-6-10-20-19(16)22(24)25/h6-11H,4-5,12-13H2,1-3H3. The van der Waals surface area contributed by atoms with Crippen molar-refractivity contribution < 1.29 is 23.9 Å². The summed E-state index contributed by atoms with van der Waals surface area (Å²) in [5, 5.41) is 11.0. The van der Waals surface area contributed by atoms with E-state index < -0.39 is 10.7 Å². The van der Waals surface area contributed by atoms with Crippen molar-refractivity contribution in [3.8, 4) is 17.2 Å². The Morgan fingerprint density at radius 2 is 1.96 bits per heavy atom. The van der Waals surface area contributed by atoms with Crippen molar-refractivity contribution in [2.75, 3.05) is 26.9 Å². The van der Waals surface area contributed by atoms with Gasteiger partial charge in [-0.3, -0.25) is 4.79 Å². The maximum absolute atomic E-state index is 12.5. The number of likely N-dealkylation sites (N-methyl/N-ethyl adjacent to an activating group) is 1. The highest BCUT2D eigenvalue weighted by Gasteiger charge is 2.19. The van der Waals surface area contributed by atoms with Gasteiger partial charge in [-0.2, -0.15) is 0 Å². The molecule has 0 saturated carbocycles. The van der Waals surface area contributed by atoms with Gasteiger partial charge in [-0.25, -0.2) is 0 Å². The van der Waals surface area contributed by atoms with Crippen LogP contribution in [0.2, 0.25) is 0 Å². The molecular weight excluding hydrogens is 366 g/mol. The maximum Gasteiger partial charge on any atom is 0.406 e. The number of amides is 1. The number of benzene rings is 1. The van der Waals surface area contributed by atoms with Crippen LogP contribution in [0.15, 0.2) is 36.5 Å². The van der Waals surface area contributed by atoms with Gasteiger partial charge in [-0.15, -0.1) is 0 Å². The van der Waals surface area contributed by atoms with E-state index in [4.69, 9.17) is 14.2 Å². The van der Waals surface area contributed by atoms with Crippen molar-refractivity contribution in [1.82, 2.24) is 9.88 Å². The number of aromatic nitrogens is 1. The molecule has 0 atom stereocenters. The van der Waals surface area contributed by atoms with Crippen LogP contribution in [0.4, 0.5) is 5.82 Å². The molecule has 0 aliphatic carbocycles. The van der Waals surface area contributed by atoms with Gasteiger partial charge in [-0.1, -0.05) is 6.07 Å². The summed E-state index contributed by atoms with van der Waals surface area (Å²) in [7, 11) is 1.55. The molecule has 0 spiro atoms. The summed E-state index contributed by atoms with van der Waals surface area (Å²) in [6.07, 6.45) is 1.30. The Hall–Kier alpha value is -3.36. The fourth-order valence-electron chi connectivity index (χ4n) is 2.54. The molecule has 1 heterocycles. The number of nitro groups is 1. The highest BCUT2D eigenvalue weighted by Crippen LogP contribution is 2.28. The zero-order valence-electron chi connectivity index (χ0n) is 16.1. The third-order valence-electron chi connectivity index (χ3n) is 3.91. The van der Waals surface area contributed by atoms with Gasteiger partial charge < -0.3 is 29.2 Å². The number of ether oxygens (including phenoxy) is 3.